The Labute approximate surface area is 147 Å². The molecule has 3 unspecified atom stereocenters. The lowest BCUT2D eigenvalue weighted by Crippen LogP contribution is -2.19. The van der Waals surface area contributed by atoms with Gasteiger partial charge in [0.25, 0.3) is 0 Å². The molecule has 0 heterocycles. The zero-order valence-corrected chi connectivity index (χ0v) is 14.9. The van der Waals surface area contributed by atoms with E-state index in [1.165, 1.54) is 7.11 Å². The molecule has 1 saturated carbocycles. The summed E-state index contributed by atoms with van der Waals surface area (Å²) in [5.41, 5.74) is -0.290. The summed E-state index contributed by atoms with van der Waals surface area (Å²) >= 11 is 0. The van der Waals surface area contributed by atoms with E-state index in [9.17, 15) is 13.7 Å². The maximum atomic E-state index is 13.1. The van der Waals surface area contributed by atoms with Crippen molar-refractivity contribution >= 4 is 9.84 Å². The highest BCUT2D eigenvalue weighted by Crippen LogP contribution is 2.63. The van der Waals surface area contributed by atoms with Crippen LogP contribution in [0.4, 0.5) is 0 Å². The lowest BCUT2D eigenvalue weighted by atomic mass is 10.0. The molecule has 0 saturated heterocycles. The number of rotatable bonds is 6. The maximum absolute atomic E-state index is 13.1. The van der Waals surface area contributed by atoms with Crippen LogP contribution in [0.1, 0.15) is 11.5 Å². The number of sulfone groups is 1. The highest BCUT2D eigenvalue weighted by atomic mass is 32.2. The van der Waals surface area contributed by atoms with Crippen molar-refractivity contribution in [3.63, 3.8) is 0 Å². The monoisotopic (exact) mass is 357 g/mol. The Balaban J connectivity index is 2.05. The van der Waals surface area contributed by atoms with E-state index in [0.29, 0.717) is 5.75 Å². The Morgan fingerprint density at radius 2 is 1.72 bits per heavy atom. The van der Waals surface area contributed by atoms with Crippen LogP contribution in [0.25, 0.3) is 0 Å². The molecule has 0 radical (unpaired) electrons. The van der Waals surface area contributed by atoms with Crippen LogP contribution in [0.3, 0.4) is 0 Å². The Hall–Kier alpha value is -2.36. The third-order valence-electron chi connectivity index (χ3n) is 4.73. The van der Waals surface area contributed by atoms with Crippen molar-refractivity contribution in [2.45, 2.75) is 16.1 Å². The van der Waals surface area contributed by atoms with Crippen LogP contribution in [0, 0.1) is 16.7 Å². The molecule has 2 aromatic rings. The summed E-state index contributed by atoms with van der Waals surface area (Å²) in [6.45, 7) is 0.0664. The molecule has 1 fully saturated rings. The summed E-state index contributed by atoms with van der Waals surface area (Å²) in [7, 11) is -0.605. The third kappa shape index (κ3) is 2.80. The van der Waals surface area contributed by atoms with Gasteiger partial charge in [-0.15, -0.1) is 0 Å². The zero-order valence-electron chi connectivity index (χ0n) is 14.0. The van der Waals surface area contributed by atoms with E-state index in [2.05, 4.69) is 6.07 Å². The normalized spacial score (nSPS) is 25.2. The third-order valence-corrected chi connectivity index (χ3v) is 7.02. The number of nitrogens with zero attached hydrogens (tertiary/aromatic N) is 1. The molecule has 0 bridgehead atoms. The van der Waals surface area contributed by atoms with E-state index in [1.54, 1.807) is 49.6 Å². The van der Waals surface area contributed by atoms with Gasteiger partial charge in [-0.3, -0.25) is 0 Å². The van der Waals surface area contributed by atoms with Gasteiger partial charge < -0.3 is 9.47 Å². The van der Waals surface area contributed by atoms with E-state index in [0.717, 1.165) is 5.56 Å². The molecule has 0 aromatic heterocycles. The molecule has 0 spiro atoms. The lowest BCUT2D eigenvalue weighted by molar-refractivity contribution is 0.162. The molecular formula is C19H19NO4S. The van der Waals surface area contributed by atoms with Gasteiger partial charge in [-0.1, -0.05) is 30.3 Å². The minimum Gasteiger partial charge on any atom is -0.497 e. The topological polar surface area (TPSA) is 76.4 Å². The van der Waals surface area contributed by atoms with Crippen LogP contribution >= 0.6 is 0 Å². The van der Waals surface area contributed by atoms with Crippen LogP contribution in [0.15, 0.2) is 59.5 Å². The number of ether oxygens (including phenoxy) is 2. The van der Waals surface area contributed by atoms with E-state index < -0.39 is 26.4 Å². The quantitative estimate of drug-likeness (QED) is 0.794. The Bertz CT molecular complexity index is 887. The predicted molar refractivity (Wildman–Crippen MR) is 93.1 cm³/mol. The van der Waals surface area contributed by atoms with Gasteiger partial charge >= 0.3 is 0 Å². The first-order chi connectivity index (χ1) is 12.0. The number of nitriles is 1. The zero-order chi connectivity index (χ0) is 18.1. The van der Waals surface area contributed by atoms with Crippen molar-refractivity contribution in [1.82, 2.24) is 0 Å². The molecule has 2 aromatic carbocycles. The molecule has 3 atom stereocenters. The Morgan fingerprint density at radius 1 is 1.08 bits per heavy atom. The van der Waals surface area contributed by atoms with Gasteiger partial charge in [-0.05, 0) is 29.8 Å². The van der Waals surface area contributed by atoms with Gasteiger partial charge in [0.2, 0.25) is 0 Å². The maximum Gasteiger partial charge on any atom is 0.183 e. The summed E-state index contributed by atoms with van der Waals surface area (Å²) < 4.78 is 36.6. The molecule has 0 aliphatic heterocycles. The molecule has 0 N–H and O–H groups in total. The molecular weight excluding hydrogens is 338 g/mol. The van der Waals surface area contributed by atoms with E-state index in [1.807, 2.05) is 12.1 Å². The molecule has 6 heteroatoms. The molecule has 5 nitrogen and oxygen atoms in total. The standard InChI is InChI=1S/C19H19NO4S/c1-23-13-19(12-20)17(14-8-10-15(24-2)11-9-14)18(19)25(21,22)16-6-4-3-5-7-16/h3-11,17-18H,13H2,1-2H3. The summed E-state index contributed by atoms with van der Waals surface area (Å²) in [4.78, 5) is 0.228. The molecule has 1 aliphatic rings. The number of methoxy groups -OCH3 is 2. The van der Waals surface area contributed by atoms with Gasteiger partial charge in [-0.2, -0.15) is 5.26 Å². The summed E-state index contributed by atoms with van der Waals surface area (Å²) in [6, 6.07) is 17.6. The number of benzene rings is 2. The van der Waals surface area contributed by atoms with Crippen molar-refractivity contribution in [3.05, 3.63) is 60.2 Å². The van der Waals surface area contributed by atoms with Crippen LogP contribution in [0.5, 0.6) is 5.75 Å². The SMILES string of the molecule is COCC1(C#N)C(c2ccc(OC)cc2)C1S(=O)(=O)c1ccccc1. The van der Waals surface area contributed by atoms with Gasteiger partial charge in [0.15, 0.2) is 9.84 Å². The average molecular weight is 357 g/mol. The van der Waals surface area contributed by atoms with Gasteiger partial charge in [0.1, 0.15) is 11.2 Å². The van der Waals surface area contributed by atoms with Crippen molar-refractivity contribution in [2.75, 3.05) is 20.8 Å². The summed E-state index contributed by atoms with van der Waals surface area (Å²) in [5, 5.41) is 8.95. The largest absolute Gasteiger partial charge is 0.497 e. The Kier molecular flexibility index (Phi) is 4.55. The number of hydrogen-bond acceptors (Lipinski definition) is 5. The summed E-state index contributed by atoms with van der Waals surface area (Å²) in [6.07, 6.45) is 0. The minimum atomic E-state index is -3.65. The first-order valence-corrected chi connectivity index (χ1v) is 9.39. The first-order valence-electron chi connectivity index (χ1n) is 7.84. The van der Waals surface area contributed by atoms with Crippen LogP contribution < -0.4 is 4.74 Å². The van der Waals surface area contributed by atoms with Crippen molar-refractivity contribution in [2.24, 2.45) is 5.41 Å². The van der Waals surface area contributed by atoms with Crippen molar-refractivity contribution in [3.8, 4) is 11.8 Å². The van der Waals surface area contributed by atoms with Gasteiger partial charge in [-0.25, -0.2) is 8.42 Å². The van der Waals surface area contributed by atoms with Gasteiger partial charge in [0, 0.05) is 13.0 Å². The van der Waals surface area contributed by atoms with Gasteiger partial charge in [0.05, 0.1) is 29.9 Å². The molecule has 25 heavy (non-hydrogen) atoms. The van der Waals surface area contributed by atoms with E-state index >= 15 is 0 Å². The van der Waals surface area contributed by atoms with E-state index in [4.69, 9.17) is 9.47 Å². The highest BCUT2D eigenvalue weighted by Gasteiger charge is 2.72. The summed E-state index contributed by atoms with van der Waals surface area (Å²) in [5.74, 6) is 0.245. The molecule has 130 valence electrons. The fraction of sp³-hybridized carbons (Fsp3) is 0.316. The smallest absolute Gasteiger partial charge is 0.183 e. The molecule has 1 aliphatic carbocycles. The van der Waals surface area contributed by atoms with Crippen LogP contribution in [0.2, 0.25) is 0 Å². The number of hydrogen-bond donors (Lipinski definition) is 0. The van der Waals surface area contributed by atoms with Crippen molar-refractivity contribution in [1.29, 1.82) is 5.26 Å². The lowest BCUT2D eigenvalue weighted by Gasteiger charge is -2.08. The first kappa shape index (κ1) is 17.5. The second kappa shape index (κ2) is 6.51. The predicted octanol–water partition coefficient (Wildman–Crippen LogP) is 2.79. The minimum absolute atomic E-state index is 0.0664. The Morgan fingerprint density at radius 3 is 2.24 bits per heavy atom. The fourth-order valence-electron chi connectivity index (χ4n) is 3.48. The van der Waals surface area contributed by atoms with Crippen molar-refractivity contribution < 1.29 is 17.9 Å². The second-order valence-electron chi connectivity index (χ2n) is 6.11. The molecule has 0 amide bonds. The fourth-order valence-corrected chi connectivity index (χ4v) is 5.81. The van der Waals surface area contributed by atoms with Crippen LogP contribution in [-0.2, 0) is 14.6 Å². The van der Waals surface area contributed by atoms with Crippen LogP contribution in [-0.4, -0.2) is 34.5 Å². The van der Waals surface area contributed by atoms with E-state index in [-0.39, 0.29) is 11.5 Å². The highest BCUT2D eigenvalue weighted by molar-refractivity contribution is 7.92. The molecule has 3 rings (SSSR count). The second-order valence-corrected chi connectivity index (χ2v) is 8.18. The average Bonchev–Trinajstić information content (AvgIpc) is 3.32.